The minimum Gasteiger partial charge on any atom is -0.507 e. The SMILES string of the molecule is O=C(c1ccccc1O)N1CCN(C(=O)C(O)c2ccc(Cl)cc2F)CC1. The van der Waals surface area contributed by atoms with Gasteiger partial charge in [0.25, 0.3) is 11.8 Å². The number of phenols is 1. The average Bonchev–Trinajstić information content (AvgIpc) is 2.67. The summed E-state index contributed by atoms with van der Waals surface area (Å²) >= 11 is 5.68. The van der Waals surface area contributed by atoms with Crippen molar-refractivity contribution in [3.05, 3.63) is 64.4 Å². The van der Waals surface area contributed by atoms with Crippen molar-refractivity contribution in [3.63, 3.8) is 0 Å². The molecule has 6 nitrogen and oxygen atoms in total. The molecule has 2 aromatic rings. The summed E-state index contributed by atoms with van der Waals surface area (Å²) in [5.74, 6) is -1.82. The monoisotopic (exact) mass is 392 g/mol. The molecule has 0 radical (unpaired) electrons. The van der Waals surface area contributed by atoms with E-state index in [1.807, 2.05) is 0 Å². The molecule has 1 saturated heterocycles. The van der Waals surface area contributed by atoms with Gasteiger partial charge in [0.2, 0.25) is 0 Å². The highest BCUT2D eigenvalue weighted by Gasteiger charge is 2.30. The molecule has 142 valence electrons. The molecule has 1 heterocycles. The van der Waals surface area contributed by atoms with Gasteiger partial charge in [0.15, 0.2) is 6.10 Å². The Bertz CT molecular complexity index is 869. The van der Waals surface area contributed by atoms with E-state index in [1.54, 1.807) is 12.1 Å². The number of carbonyl (C=O) groups is 2. The molecule has 0 aromatic heterocycles. The van der Waals surface area contributed by atoms with E-state index < -0.39 is 17.8 Å². The van der Waals surface area contributed by atoms with Crippen molar-refractivity contribution in [1.82, 2.24) is 9.80 Å². The van der Waals surface area contributed by atoms with Gasteiger partial charge in [-0.05, 0) is 24.3 Å². The number of piperazine rings is 1. The van der Waals surface area contributed by atoms with E-state index in [2.05, 4.69) is 0 Å². The number of phenolic OH excluding ortho intramolecular Hbond substituents is 1. The van der Waals surface area contributed by atoms with Gasteiger partial charge < -0.3 is 20.0 Å². The normalized spacial score (nSPS) is 15.5. The van der Waals surface area contributed by atoms with Gasteiger partial charge in [-0.25, -0.2) is 4.39 Å². The van der Waals surface area contributed by atoms with E-state index >= 15 is 0 Å². The Morgan fingerprint density at radius 3 is 2.30 bits per heavy atom. The summed E-state index contributed by atoms with van der Waals surface area (Å²) in [7, 11) is 0. The number of para-hydroxylation sites is 1. The number of rotatable bonds is 3. The van der Waals surface area contributed by atoms with Gasteiger partial charge in [0.05, 0.1) is 5.56 Å². The average molecular weight is 393 g/mol. The number of halogens is 2. The molecular weight excluding hydrogens is 375 g/mol. The molecule has 1 aliphatic heterocycles. The molecule has 1 fully saturated rings. The third-order valence-corrected chi connectivity index (χ3v) is 4.74. The Hall–Kier alpha value is -2.64. The summed E-state index contributed by atoms with van der Waals surface area (Å²) in [5.41, 5.74) is 0.0534. The summed E-state index contributed by atoms with van der Waals surface area (Å²) in [6.45, 7) is 0.887. The Morgan fingerprint density at radius 1 is 1.04 bits per heavy atom. The van der Waals surface area contributed by atoms with Crippen molar-refractivity contribution >= 4 is 23.4 Å². The molecule has 1 atom stereocenters. The Labute approximate surface area is 160 Å². The highest BCUT2D eigenvalue weighted by atomic mass is 35.5. The van der Waals surface area contributed by atoms with Crippen molar-refractivity contribution in [2.75, 3.05) is 26.2 Å². The number of carbonyl (C=O) groups excluding carboxylic acids is 2. The molecular formula is C19H18ClFN2O4. The van der Waals surface area contributed by atoms with Gasteiger partial charge in [-0.2, -0.15) is 0 Å². The van der Waals surface area contributed by atoms with Crippen molar-refractivity contribution in [1.29, 1.82) is 0 Å². The zero-order chi connectivity index (χ0) is 19.6. The summed E-state index contributed by atoms with van der Waals surface area (Å²) in [4.78, 5) is 27.9. The minimum atomic E-state index is -1.64. The Morgan fingerprint density at radius 2 is 1.67 bits per heavy atom. The van der Waals surface area contributed by atoms with Crippen molar-refractivity contribution in [2.24, 2.45) is 0 Å². The van der Waals surface area contributed by atoms with Gasteiger partial charge in [-0.1, -0.05) is 29.8 Å². The van der Waals surface area contributed by atoms with E-state index in [4.69, 9.17) is 11.6 Å². The highest BCUT2D eigenvalue weighted by Crippen LogP contribution is 2.24. The van der Waals surface area contributed by atoms with Gasteiger partial charge >= 0.3 is 0 Å². The standard InChI is InChI=1S/C19H18ClFN2O4/c20-12-5-6-13(15(21)11-12)17(25)19(27)23-9-7-22(8-10-23)18(26)14-3-1-2-4-16(14)24/h1-6,11,17,24-25H,7-10H2. The van der Waals surface area contributed by atoms with Crippen molar-refractivity contribution in [2.45, 2.75) is 6.10 Å². The van der Waals surface area contributed by atoms with E-state index in [1.165, 1.54) is 34.1 Å². The first-order valence-electron chi connectivity index (χ1n) is 8.37. The second-order valence-electron chi connectivity index (χ2n) is 6.20. The number of aliphatic hydroxyl groups is 1. The molecule has 1 aliphatic rings. The van der Waals surface area contributed by atoms with Crippen LogP contribution in [0.25, 0.3) is 0 Å². The molecule has 2 N–H and O–H groups in total. The van der Waals surface area contributed by atoms with E-state index in [-0.39, 0.29) is 54.0 Å². The van der Waals surface area contributed by atoms with Crippen LogP contribution in [0.4, 0.5) is 4.39 Å². The fourth-order valence-corrected chi connectivity index (χ4v) is 3.14. The van der Waals surface area contributed by atoms with Crippen LogP contribution in [0, 0.1) is 5.82 Å². The van der Waals surface area contributed by atoms with Crippen molar-refractivity contribution in [3.8, 4) is 5.75 Å². The van der Waals surface area contributed by atoms with Crippen LogP contribution in [0.1, 0.15) is 22.0 Å². The number of aliphatic hydroxyl groups excluding tert-OH is 1. The fourth-order valence-electron chi connectivity index (χ4n) is 2.98. The lowest BCUT2D eigenvalue weighted by Crippen LogP contribution is -2.51. The predicted octanol–water partition coefficient (Wildman–Crippen LogP) is 2.20. The third-order valence-electron chi connectivity index (χ3n) is 4.50. The predicted molar refractivity (Wildman–Crippen MR) is 97.0 cm³/mol. The summed E-state index contributed by atoms with van der Waals surface area (Å²) in [5, 5.41) is 20.2. The lowest BCUT2D eigenvalue weighted by atomic mass is 10.1. The Kier molecular flexibility index (Phi) is 5.62. The van der Waals surface area contributed by atoms with Crippen LogP contribution < -0.4 is 0 Å². The van der Waals surface area contributed by atoms with Gasteiger partial charge in [-0.3, -0.25) is 9.59 Å². The lowest BCUT2D eigenvalue weighted by Gasteiger charge is -2.35. The summed E-state index contributed by atoms with van der Waals surface area (Å²) < 4.78 is 13.9. The molecule has 0 spiro atoms. The maximum absolute atomic E-state index is 13.9. The first-order valence-corrected chi connectivity index (χ1v) is 8.75. The number of aromatic hydroxyl groups is 1. The van der Waals surface area contributed by atoms with E-state index in [0.29, 0.717) is 0 Å². The van der Waals surface area contributed by atoms with Crippen molar-refractivity contribution < 1.29 is 24.2 Å². The van der Waals surface area contributed by atoms with Crippen LogP contribution in [0.2, 0.25) is 5.02 Å². The van der Waals surface area contributed by atoms with Crippen LogP contribution in [-0.2, 0) is 4.79 Å². The van der Waals surface area contributed by atoms with Crippen LogP contribution in [-0.4, -0.2) is 58.0 Å². The van der Waals surface area contributed by atoms with Gasteiger partial charge in [0, 0.05) is 36.8 Å². The molecule has 0 bridgehead atoms. The smallest absolute Gasteiger partial charge is 0.257 e. The first kappa shape index (κ1) is 19.1. The zero-order valence-corrected chi connectivity index (χ0v) is 15.1. The molecule has 2 aromatic carbocycles. The first-order chi connectivity index (χ1) is 12.9. The number of hydrogen-bond acceptors (Lipinski definition) is 4. The Balaban J connectivity index is 1.64. The van der Waals surface area contributed by atoms with E-state index in [0.717, 1.165) is 6.07 Å². The molecule has 1 unspecified atom stereocenters. The van der Waals surface area contributed by atoms with E-state index in [9.17, 15) is 24.2 Å². The molecule has 8 heteroatoms. The second kappa shape index (κ2) is 7.94. The zero-order valence-electron chi connectivity index (χ0n) is 14.3. The number of hydrogen-bond donors (Lipinski definition) is 2. The summed E-state index contributed by atoms with van der Waals surface area (Å²) in [6, 6.07) is 9.96. The molecule has 2 amide bonds. The largest absolute Gasteiger partial charge is 0.507 e. The molecule has 0 saturated carbocycles. The maximum atomic E-state index is 13.9. The quantitative estimate of drug-likeness (QED) is 0.839. The number of benzene rings is 2. The van der Waals surface area contributed by atoms with Crippen LogP contribution in [0.5, 0.6) is 5.75 Å². The van der Waals surface area contributed by atoms with Gasteiger partial charge in [-0.15, -0.1) is 0 Å². The maximum Gasteiger partial charge on any atom is 0.257 e. The lowest BCUT2D eigenvalue weighted by molar-refractivity contribution is -0.142. The van der Waals surface area contributed by atoms with Crippen LogP contribution in [0.3, 0.4) is 0 Å². The fraction of sp³-hybridized carbons (Fsp3) is 0.263. The van der Waals surface area contributed by atoms with Crippen LogP contribution in [0.15, 0.2) is 42.5 Å². The molecule has 0 aliphatic carbocycles. The highest BCUT2D eigenvalue weighted by molar-refractivity contribution is 6.30. The minimum absolute atomic E-state index is 0.102. The number of nitrogens with zero attached hydrogens (tertiary/aromatic N) is 2. The number of amides is 2. The van der Waals surface area contributed by atoms with Crippen LogP contribution >= 0.6 is 11.6 Å². The summed E-state index contributed by atoms with van der Waals surface area (Å²) in [6.07, 6.45) is -1.64. The topological polar surface area (TPSA) is 81.1 Å². The third kappa shape index (κ3) is 4.04. The molecule has 3 rings (SSSR count). The molecule has 27 heavy (non-hydrogen) atoms. The van der Waals surface area contributed by atoms with Gasteiger partial charge in [0.1, 0.15) is 11.6 Å². The second-order valence-corrected chi connectivity index (χ2v) is 6.64.